The fourth-order valence-corrected chi connectivity index (χ4v) is 5.77. The van der Waals surface area contributed by atoms with Crippen LogP contribution in [0.2, 0.25) is 0 Å². The number of nitrogens with zero attached hydrogens (tertiary/aromatic N) is 1. The maximum absolute atomic E-state index is 12.6. The summed E-state index contributed by atoms with van der Waals surface area (Å²) in [5.41, 5.74) is 6.20. The average molecular weight is 414 g/mol. The van der Waals surface area contributed by atoms with Crippen LogP contribution in [0.5, 0.6) is 0 Å². The topological polar surface area (TPSA) is 63.4 Å². The summed E-state index contributed by atoms with van der Waals surface area (Å²) >= 11 is 6.57. The van der Waals surface area contributed by atoms with Gasteiger partial charge in [0.1, 0.15) is 4.90 Å². The summed E-state index contributed by atoms with van der Waals surface area (Å²) < 4.78 is 27.7. The minimum Gasteiger partial charge on any atom is -0.399 e. The second-order valence-electron chi connectivity index (χ2n) is 4.16. The van der Waals surface area contributed by atoms with Crippen molar-refractivity contribution in [2.24, 2.45) is 0 Å². The number of halogens is 2. The second-order valence-corrected chi connectivity index (χ2v) is 7.75. The van der Waals surface area contributed by atoms with E-state index >= 15 is 0 Å². The number of nitrogens with two attached hydrogens (primary N) is 1. The second kappa shape index (κ2) is 7.06. The summed E-state index contributed by atoms with van der Waals surface area (Å²) in [5.74, 6) is 0. The van der Waals surface area contributed by atoms with Crippen molar-refractivity contribution in [2.45, 2.75) is 31.6 Å². The van der Waals surface area contributed by atoms with Gasteiger partial charge in [0.2, 0.25) is 10.0 Å². The van der Waals surface area contributed by atoms with Gasteiger partial charge in [-0.15, -0.1) is 0 Å². The third-order valence-electron chi connectivity index (χ3n) is 2.73. The zero-order chi connectivity index (χ0) is 14.6. The van der Waals surface area contributed by atoms with E-state index in [1.807, 2.05) is 13.8 Å². The SMILES string of the molecule is CCCCN(CC)S(=O)(=O)c1c(Br)cc(N)cc1Br. The van der Waals surface area contributed by atoms with Crippen molar-refractivity contribution >= 4 is 47.6 Å². The van der Waals surface area contributed by atoms with Crippen molar-refractivity contribution in [1.29, 1.82) is 0 Å². The summed E-state index contributed by atoms with van der Waals surface area (Å²) in [6, 6.07) is 3.20. The summed E-state index contributed by atoms with van der Waals surface area (Å²) in [6.07, 6.45) is 1.80. The van der Waals surface area contributed by atoms with Crippen LogP contribution in [0, 0.1) is 0 Å². The van der Waals surface area contributed by atoms with E-state index in [2.05, 4.69) is 31.9 Å². The van der Waals surface area contributed by atoms with Crippen molar-refractivity contribution in [3.63, 3.8) is 0 Å². The molecule has 0 bridgehead atoms. The van der Waals surface area contributed by atoms with Gasteiger partial charge in [0.25, 0.3) is 0 Å². The highest BCUT2D eigenvalue weighted by atomic mass is 79.9. The Hall–Kier alpha value is -0.110. The van der Waals surface area contributed by atoms with E-state index in [0.29, 0.717) is 27.7 Å². The van der Waals surface area contributed by atoms with Gasteiger partial charge >= 0.3 is 0 Å². The number of nitrogen functional groups attached to an aromatic ring is 1. The van der Waals surface area contributed by atoms with Crippen molar-refractivity contribution in [1.82, 2.24) is 4.31 Å². The molecule has 7 heteroatoms. The molecule has 1 aromatic carbocycles. The van der Waals surface area contributed by atoms with Gasteiger partial charge < -0.3 is 5.73 Å². The van der Waals surface area contributed by atoms with Gasteiger partial charge in [0.15, 0.2) is 0 Å². The zero-order valence-electron chi connectivity index (χ0n) is 11.0. The van der Waals surface area contributed by atoms with E-state index in [-0.39, 0.29) is 4.90 Å². The van der Waals surface area contributed by atoms with Crippen LogP contribution in [0.3, 0.4) is 0 Å². The Morgan fingerprint density at radius 1 is 1.21 bits per heavy atom. The molecule has 0 radical (unpaired) electrons. The van der Waals surface area contributed by atoms with Gasteiger partial charge in [-0.1, -0.05) is 20.3 Å². The molecule has 108 valence electrons. The monoisotopic (exact) mass is 412 g/mol. The lowest BCUT2D eigenvalue weighted by Gasteiger charge is -2.22. The lowest BCUT2D eigenvalue weighted by atomic mass is 10.3. The van der Waals surface area contributed by atoms with Crippen LogP contribution < -0.4 is 5.73 Å². The van der Waals surface area contributed by atoms with Crippen LogP contribution in [0.4, 0.5) is 5.69 Å². The molecular formula is C12H18Br2N2O2S. The first-order valence-electron chi connectivity index (χ1n) is 6.09. The van der Waals surface area contributed by atoms with Gasteiger partial charge in [-0.3, -0.25) is 0 Å². The van der Waals surface area contributed by atoms with E-state index < -0.39 is 10.0 Å². The molecule has 0 aliphatic rings. The molecule has 0 aliphatic heterocycles. The van der Waals surface area contributed by atoms with Gasteiger partial charge in [0.05, 0.1) is 0 Å². The van der Waals surface area contributed by atoms with Crippen LogP contribution in [-0.2, 0) is 10.0 Å². The quantitative estimate of drug-likeness (QED) is 0.724. The molecule has 1 rings (SSSR count). The van der Waals surface area contributed by atoms with E-state index in [1.54, 1.807) is 12.1 Å². The Kier molecular flexibility index (Phi) is 6.29. The molecule has 1 aromatic rings. The number of unbranched alkanes of at least 4 members (excludes halogenated alkanes) is 1. The van der Waals surface area contributed by atoms with E-state index in [4.69, 9.17) is 5.73 Å². The van der Waals surface area contributed by atoms with Crippen molar-refractivity contribution in [3.8, 4) is 0 Å². The lowest BCUT2D eigenvalue weighted by molar-refractivity contribution is 0.418. The molecule has 0 aromatic heterocycles. The molecule has 19 heavy (non-hydrogen) atoms. The smallest absolute Gasteiger partial charge is 0.245 e. The van der Waals surface area contributed by atoms with Crippen LogP contribution in [0.15, 0.2) is 26.0 Å². The Bertz CT molecular complexity index is 524. The molecule has 0 amide bonds. The minimum atomic E-state index is -3.52. The molecule has 2 N–H and O–H groups in total. The normalized spacial score (nSPS) is 12.1. The van der Waals surface area contributed by atoms with E-state index in [1.165, 1.54) is 4.31 Å². The summed E-state index contributed by atoms with van der Waals surface area (Å²) in [5, 5.41) is 0. The molecule has 4 nitrogen and oxygen atoms in total. The highest BCUT2D eigenvalue weighted by Crippen LogP contribution is 2.34. The van der Waals surface area contributed by atoms with Gasteiger partial charge in [-0.25, -0.2) is 8.42 Å². The Balaban J connectivity index is 3.26. The van der Waals surface area contributed by atoms with E-state index in [0.717, 1.165) is 12.8 Å². The predicted octanol–water partition coefficient (Wildman–Crippen LogP) is 3.60. The van der Waals surface area contributed by atoms with Crippen LogP contribution in [0.1, 0.15) is 26.7 Å². The number of hydrogen-bond acceptors (Lipinski definition) is 3. The van der Waals surface area contributed by atoms with Gasteiger partial charge in [-0.05, 0) is 50.4 Å². The number of benzene rings is 1. The zero-order valence-corrected chi connectivity index (χ0v) is 15.0. The Morgan fingerprint density at radius 2 is 1.74 bits per heavy atom. The number of hydrogen-bond donors (Lipinski definition) is 1. The number of rotatable bonds is 6. The summed E-state index contributed by atoms with van der Waals surface area (Å²) in [4.78, 5) is 0.236. The maximum atomic E-state index is 12.6. The average Bonchev–Trinajstić information content (AvgIpc) is 2.27. The standard InChI is InChI=1S/C12H18Br2N2O2S/c1-3-5-6-16(4-2)19(17,18)12-10(13)7-9(15)8-11(12)14/h7-8H,3-6,15H2,1-2H3. The first-order valence-corrected chi connectivity index (χ1v) is 9.11. The minimum absolute atomic E-state index is 0.236. The Labute approximate surface area is 131 Å². The summed E-state index contributed by atoms with van der Waals surface area (Å²) in [6.45, 7) is 4.85. The van der Waals surface area contributed by atoms with Gasteiger partial charge in [0, 0.05) is 27.7 Å². The maximum Gasteiger partial charge on any atom is 0.245 e. The van der Waals surface area contributed by atoms with Gasteiger partial charge in [-0.2, -0.15) is 4.31 Å². The highest BCUT2D eigenvalue weighted by molar-refractivity contribution is 9.11. The lowest BCUT2D eigenvalue weighted by Crippen LogP contribution is -2.32. The highest BCUT2D eigenvalue weighted by Gasteiger charge is 2.27. The Morgan fingerprint density at radius 3 is 2.16 bits per heavy atom. The van der Waals surface area contributed by atoms with Crippen LogP contribution in [-0.4, -0.2) is 25.8 Å². The fraction of sp³-hybridized carbons (Fsp3) is 0.500. The van der Waals surface area contributed by atoms with Crippen LogP contribution in [0.25, 0.3) is 0 Å². The molecular weight excluding hydrogens is 396 g/mol. The van der Waals surface area contributed by atoms with Crippen molar-refractivity contribution in [3.05, 3.63) is 21.1 Å². The van der Waals surface area contributed by atoms with Crippen molar-refractivity contribution in [2.75, 3.05) is 18.8 Å². The third-order valence-corrected chi connectivity index (χ3v) is 6.58. The fourth-order valence-electron chi connectivity index (χ4n) is 1.74. The molecule has 0 fully saturated rings. The van der Waals surface area contributed by atoms with E-state index in [9.17, 15) is 8.42 Å². The molecule has 0 heterocycles. The number of anilines is 1. The summed E-state index contributed by atoms with van der Waals surface area (Å²) in [7, 11) is -3.52. The predicted molar refractivity (Wildman–Crippen MR) is 85.6 cm³/mol. The number of sulfonamides is 1. The molecule has 0 unspecified atom stereocenters. The molecule has 0 saturated heterocycles. The molecule has 0 spiro atoms. The first-order chi connectivity index (χ1) is 8.84. The third kappa shape index (κ3) is 3.93. The first kappa shape index (κ1) is 16.9. The molecule has 0 atom stereocenters. The van der Waals surface area contributed by atoms with Crippen LogP contribution >= 0.6 is 31.9 Å². The van der Waals surface area contributed by atoms with Crippen molar-refractivity contribution < 1.29 is 8.42 Å². The molecule has 0 aliphatic carbocycles. The molecule has 0 saturated carbocycles. The largest absolute Gasteiger partial charge is 0.399 e.